The minimum atomic E-state index is 0.542. The molecule has 0 aliphatic heterocycles. The zero-order valence-corrected chi connectivity index (χ0v) is 11.1. The molecule has 0 rings (SSSR count). The lowest BCUT2D eigenvalue weighted by Crippen LogP contribution is -2.36. The van der Waals surface area contributed by atoms with Crippen LogP contribution in [0.4, 0.5) is 0 Å². The molecule has 0 saturated heterocycles. The number of hydrogen-bond donors (Lipinski definition) is 1. The van der Waals surface area contributed by atoms with Gasteiger partial charge in [-0.15, -0.1) is 0 Å². The molecular formula is C13H28N2. The first kappa shape index (κ1) is 14.7. The van der Waals surface area contributed by atoms with Crippen molar-refractivity contribution in [2.45, 2.75) is 53.1 Å². The van der Waals surface area contributed by atoms with Gasteiger partial charge in [0.2, 0.25) is 0 Å². The highest BCUT2D eigenvalue weighted by atomic mass is 15.1. The summed E-state index contributed by atoms with van der Waals surface area (Å²) in [5.41, 5.74) is 1.28. The van der Waals surface area contributed by atoms with Crippen LogP contribution in [0.25, 0.3) is 0 Å². The van der Waals surface area contributed by atoms with E-state index < -0.39 is 0 Å². The number of nitrogens with one attached hydrogen (secondary N) is 1. The smallest absolute Gasteiger partial charge is 0.0205 e. The number of nitrogens with zero attached hydrogens (tertiary/aromatic N) is 1. The van der Waals surface area contributed by atoms with E-state index >= 15 is 0 Å². The largest absolute Gasteiger partial charge is 0.311 e. The molecule has 1 atom stereocenters. The van der Waals surface area contributed by atoms with E-state index in [2.05, 4.69) is 51.4 Å². The van der Waals surface area contributed by atoms with Crippen LogP contribution < -0.4 is 5.32 Å². The Hall–Kier alpha value is -0.340. The Morgan fingerprint density at radius 1 is 1.27 bits per heavy atom. The van der Waals surface area contributed by atoms with Crippen molar-refractivity contribution in [1.29, 1.82) is 0 Å². The van der Waals surface area contributed by atoms with Crippen molar-refractivity contribution in [2.24, 2.45) is 0 Å². The molecule has 2 nitrogen and oxygen atoms in total. The molecule has 0 spiro atoms. The first-order valence-corrected chi connectivity index (χ1v) is 6.15. The summed E-state index contributed by atoms with van der Waals surface area (Å²) in [6.07, 6.45) is 1.21. The van der Waals surface area contributed by atoms with Gasteiger partial charge in [0.1, 0.15) is 0 Å². The fourth-order valence-electron chi connectivity index (χ4n) is 1.53. The monoisotopic (exact) mass is 212 g/mol. The Balaban J connectivity index is 3.91. The molecule has 0 aromatic rings. The fraction of sp³-hybridized carbons (Fsp3) is 0.846. The summed E-state index contributed by atoms with van der Waals surface area (Å²) in [6.45, 7) is 18.3. The van der Waals surface area contributed by atoms with Crippen LogP contribution in [0.3, 0.4) is 0 Å². The first-order chi connectivity index (χ1) is 7.01. The molecule has 0 aromatic carbocycles. The maximum atomic E-state index is 4.13. The van der Waals surface area contributed by atoms with Crippen molar-refractivity contribution in [2.75, 3.05) is 19.6 Å². The van der Waals surface area contributed by atoms with Crippen molar-refractivity contribution in [3.63, 3.8) is 0 Å². The van der Waals surface area contributed by atoms with E-state index in [1.54, 1.807) is 0 Å². The third-order valence-electron chi connectivity index (χ3n) is 2.81. The van der Waals surface area contributed by atoms with Crippen molar-refractivity contribution >= 4 is 0 Å². The summed E-state index contributed by atoms with van der Waals surface area (Å²) in [7, 11) is 0. The van der Waals surface area contributed by atoms with Gasteiger partial charge in [-0.1, -0.05) is 34.3 Å². The number of rotatable bonds is 8. The van der Waals surface area contributed by atoms with Gasteiger partial charge >= 0.3 is 0 Å². The van der Waals surface area contributed by atoms with Crippen molar-refractivity contribution in [1.82, 2.24) is 10.2 Å². The highest BCUT2D eigenvalue weighted by molar-refractivity contribution is 5.00. The van der Waals surface area contributed by atoms with Crippen LogP contribution >= 0.6 is 0 Å². The van der Waals surface area contributed by atoms with Gasteiger partial charge in [-0.2, -0.15) is 0 Å². The maximum absolute atomic E-state index is 4.13. The fourth-order valence-corrected chi connectivity index (χ4v) is 1.53. The van der Waals surface area contributed by atoms with Gasteiger partial charge in [-0.05, 0) is 25.5 Å². The molecule has 15 heavy (non-hydrogen) atoms. The van der Waals surface area contributed by atoms with Crippen molar-refractivity contribution in [3.8, 4) is 0 Å². The lowest BCUT2D eigenvalue weighted by molar-refractivity contribution is 0.231. The van der Waals surface area contributed by atoms with E-state index in [0.717, 1.165) is 19.6 Å². The topological polar surface area (TPSA) is 15.3 Å². The minimum Gasteiger partial charge on any atom is -0.311 e. The van der Waals surface area contributed by atoms with Gasteiger partial charge in [-0.25, -0.2) is 0 Å². The summed E-state index contributed by atoms with van der Waals surface area (Å²) < 4.78 is 0. The Morgan fingerprint density at radius 3 is 2.27 bits per heavy atom. The van der Waals surface area contributed by atoms with E-state index in [9.17, 15) is 0 Å². The quantitative estimate of drug-likeness (QED) is 0.622. The molecule has 0 fully saturated rings. The van der Waals surface area contributed by atoms with Gasteiger partial charge in [0.25, 0.3) is 0 Å². The highest BCUT2D eigenvalue weighted by Gasteiger charge is 2.10. The highest BCUT2D eigenvalue weighted by Crippen LogP contribution is 2.05. The molecule has 0 radical (unpaired) electrons. The molecule has 0 aromatic heterocycles. The summed E-state index contributed by atoms with van der Waals surface area (Å²) in [5.74, 6) is 0. The minimum absolute atomic E-state index is 0.542. The molecule has 1 unspecified atom stereocenters. The van der Waals surface area contributed by atoms with Crippen molar-refractivity contribution < 1.29 is 0 Å². The third kappa shape index (κ3) is 6.69. The van der Waals surface area contributed by atoms with Crippen LogP contribution in [0.5, 0.6) is 0 Å². The Bertz CT molecular complexity index is 175. The lowest BCUT2D eigenvalue weighted by atomic mass is 10.2. The van der Waals surface area contributed by atoms with Gasteiger partial charge in [0, 0.05) is 25.2 Å². The Morgan fingerprint density at radius 2 is 1.87 bits per heavy atom. The molecule has 1 N–H and O–H groups in total. The molecule has 2 heteroatoms. The summed E-state index contributed by atoms with van der Waals surface area (Å²) in [5, 5.41) is 3.41. The molecule has 0 bridgehead atoms. The van der Waals surface area contributed by atoms with Crippen LogP contribution in [-0.4, -0.2) is 36.6 Å². The zero-order chi connectivity index (χ0) is 11.8. The third-order valence-corrected chi connectivity index (χ3v) is 2.81. The predicted molar refractivity (Wildman–Crippen MR) is 69.3 cm³/mol. The van der Waals surface area contributed by atoms with E-state index in [-0.39, 0.29) is 0 Å². The van der Waals surface area contributed by atoms with Crippen LogP contribution in [0.2, 0.25) is 0 Å². The lowest BCUT2D eigenvalue weighted by Gasteiger charge is -2.28. The van der Waals surface area contributed by atoms with Gasteiger partial charge in [0.15, 0.2) is 0 Å². The normalized spacial score (nSPS) is 13.5. The van der Waals surface area contributed by atoms with Crippen LogP contribution in [0.1, 0.15) is 41.0 Å². The zero-order valence-electron chi connectivity index (χ0n) is 11.1. The van der Waals surface area contributed by atoms with Gasteiger partial charge < -0.3 is 5.32 Å². The standard InChI is InChI=1S/C13H28N2/c1-7-13(6)15(8-2)10-12(5)9-14-11(3)4/h11,13-14H,5,7-10H2,1-4,6H3. The van der Waals surface area contributed by atoms with Gasteiger partial charge in [0.05, 0.1) is 0 Å². The summed E-state index contributed by atoms with van der Waals surface area (Å²) >= 11 is 0. The van der Waals surface area contributed by atoms with Crippen molar-refractivity contribution in [3.05, 3.63) is 12.2 Å². The molecular weight excluding hydrogens is 184 g/mol. The number of hydrogen-bond acceptors (Lipinski definition) is 2. The Kier molecular flexibility index (Phi) is 7.71. The molecule has 90 valence electrons. The second kappa shape index (κ2) is 7.89. The molecule has 0 heterocycles. The molecule has 0 aliphatic carbocycles. The Labute approximate surface area is 95.7 Å². The molecule has 0 aliphatic rings. The SMILES string of the molecule is C=C(CNC(C)C)CN(CC)C(C)CC. The van der Waals surface area contributed by atoms with Crippen LogP contribution in [0, 0.1) is 0 Å². The average molecular weight is 212 g/mol. The van der Waals surface area contributed by atoms with E-state index in [0.29, 0.717) is 12.1 Å². The maximum Gasteiger partial charge on any atom is 0.0205 e. The van der Waals surface area contributed by atoms with Crippen LogP contribution in [0.15, 0.2) is 12.2 Å². The second-order valence-electron chi connectivity index (χ2n) is 4.61. The van der Waals surface area contributed by atoms with E-state index in [4.69, 9.17) is 0 Å². The summed E-state index contributed by atoms with van der Waals surface area (Å²) in [6, 6.07) is 1.20. The number of likely N-dealkylation sites (N-methyl/N-ethyl adjacent to an activating group) is 1. The molecule has 0 amide bonds. The average Bonchev–Trinajstić information content (AvgIpc) is 2.21. The predicted octanol–water partition coefficient (Wildman–Crippen LogP) is 2.66. The molecule has 0 saturated carbocycles. The summed E-state index contributed by atoms with van der Waals surface area (Å²) in [4.78, 5) is 2.48. The second-order valence-corrected chi connectivity index (χ2v) is 4.61. The van der Waals surface area contributed by atoms with E-state index in [1.165, 1.54) is 12.0 Å². The van der Waals surface area contributed by atoms with Crippen LogP contribution in [-0.2, 0) is 0 Å². The first-order valence-electron chi connectivity index (χ1n) is 6.15. The van der Waals surface area contributed by atoms with Gasteiger partial charge in [-0.3, -0.25) is 4.90 Å². The van der Waals surface area contributed by atoms with E-state index in [1.807, 2.05) is 0 Å².